The summed E-state index contributed by atoms with van der Waals surface area (Å²) >= 11 is 0. The maximum absolute atomic E-state index is 11.9. The lowest BCUT2D eigenvalue weighted by Crippen LogP contribution is -2.41. The van der Waals surface area contributed by atoms with Gasteiger partial charge in [0, 0.05) is 31.9 Å². The molecule has 118 valence electrons. The molecular weight excluding hydrogens is 294 g/mol. The molecular formula is C16H17N5O2. The number of carbonyl (C=O) groups excluding carboxylic acids is 1. The summed E-state index contributed by atoms with van der Waals surface area (Å²) in [6.45, 7) is 2.36. The minimum atomic E-state index is -0.215. The second kappa shape index (κ2) is 6.92. The molecule has 0 spiro atoms. The van der Waals surface area contributed by atoms with Gasteiger partial charge in [-0.2, -0.15) is 5.26 Å². The Hall–Kier alpha value is -2.88. The topological polar surface area (TPSA) is 95.1 Å². The Morgan fingerprint density at radius 2 is 2.39 bits per heavy atom. The predicted octanol–water partition coefficient (Wildman–Crippen LogP) is 1.59. The predicted molar refractivity (Wildman–Crippen MR) is 82.7 cm³/mol. The van der Waals surface area contributed by atoms with Gasteiger partial charge < -0.3 is 14.7 Å². The molecule has 1 aliphatic rings. The molecule has 1 fully saturated rings. The van der Waals surface area contributed by atoms with Crippen molar-refractivity contribution in [2.24, 2.45) is 5.92 Å². The van der Waals surface area contributed by atoms with E-state index in [1.54, 1.807) is 18.3 Å². The monoisotopic (exact) mass is 311 g/mol. The molecule has 1 atom stereocenters. The van der Waals surface area contributed by atoms with E-state index in [4.69, 9.17) is 5.26 Å². The molecule has 1 saturated heterocycles. The van der Waals surface area contributed by atoms with E-state index in [0.29, 0.717) is 23.7 Å². The van der Waals surface area contributed by atoms with Crippen molar-refractivity contribution < 1.29 is 9.32 Å². The van der Waals surface area contributed by atoms with Gasteiger partial charge >= 0.3 is 0 Å². The normalized spacial score (nSPS) is 17.5. The first-order chi connectivity index (χ1) is 11.3. The first-order valence-corrected chi connectivity index (χ1v) is 7.56. The molecule has 1 unspecified atom stereocenters. The molecule has 0 aromatic carbocycles. The Morgan fingerprint density at radius 3 is 3.09 bits per heavy atom. The Balaban J connectivity index is 1.55. The average molecular weight is 311 g/mol. The fraction of sp³-hybridized carbons (Fsp3) is 0.375. The fourth-order valence-electron chi connectivity index (χ4n) is 2.74. The molecule has 2 aromatic heterocycles. The molecule has 3 rings (SSSR count). The Bertz CT molecular complexity index is 690. The van der Waals surface area contributed by atoms with Gasteiger partial charge in [0.15, 0.2) is 5.69 Å². The highest BCUT2D eigenvalue weighted by Crippen LogP contribution is 2.21. The first-order valence-electron chi connectivity index (χ1n) is 7.56. The van der Waals surface area contributed by atoms with Gasteiger partial charge in [0.05, 0.1) is 5.56 Å². The average Bonchev–Trinajstić information content (AvgIpc) is 3.15. The van der Waals surface area contributed by atoms with Crippen LogP contribution in [0.3, 0.4) is 0 Å². The third-order valence-electron chi connectivity index (χ3n) is 3.94. The molecule has 1 amide bonds. The van der Waals surface area contributed by atoms with Crippen molar-refractivity contribution in [3.63, 3.8) is 0 Å². The molecule has 0 saturated carbocycles. The van der Waals surface area contributed by atoms with Crippen LogP contribution in [-0.4, -0.2) is 35.7 Å². The number of piperidine rings is 1. The lowest BCUT2D eigenvalue weighted by atomic mass is 9.98. The Kier molecular flexibility index (Phi) is 4.52. The SMILES string of the molecule is N#Cc1ccc(N2CCCC(CNC(=O)c3ccon3)C2)nc1. The number of pyridine rings is 1. The summed E-state index contributed by atoms with van der Waals surface area (Å²) in [6.07, 6.45) is 5.08. The highest BCUT2D eigenvalue weighted by molar-refractivity contribution is 5.91. The van der Waals surface area contributed by atoms with Crippen molar-refractivity contribution in [2.75, 3.05) is 24.5 Å². The summed E-state index contributed by atoms with van der Waals surface area (Å²) < 4.78 is 4.67. The quantitative estimate of drug-likeness (QED) is 0.921. The zero-order valence-electron chi connectivity index (χ0n) is 12.6. The van der Waals surface area contributed by atoms with Crippen LogP contribution in [0, 0.1) is 17.2 Å². The van der Waals surface area contributed by atoms with E-state index in [1.165, 1.54) is 6.26 Å². The van der Waals surface area contributed by atoms with E-state index >= 15 is 0 Å². The number of nitrogens with one attached hydrogen (secondary N) is 1. The van der Waals surface area contributed by atoms with Crippen LogP contribution in [0.5, 0.6) is 0 Å². The van der Waals surface area contributed by atoms with E-state index in [9.17, 15) is 4.79 Å². The highest BCUT2D eigenvalue weighted by atomic mass is 16.5. The van der Waals surface area contributed by atoms with Gasteiger partial charge in [0.2, 0.25) is 0 Å². The molecule has 3 heterocycles. The van der Waals surface area contributed by atoms with Crippen molar-refractivity contribution >= 4 is 11.7 Å². The molecule has 0 radical (unpaired) electrons. The number of hydrogen-bond acceptors (Lipinski definition) is 6. The van der Waals surface area contributed by atoms with E-state index in [0.717, 1.165) is 31.7 Å². The van der Waals surface area contributed by atoms with Crippen molar-refractivity contribution in [1.82, 2.24) is 15.5 Å². The summed E-state index contributed by atoms with van der Waals surface area (Å²) in [6, 6.07) is 7.26. The highest BCUT2D eigenvalue weighted by Gasteiger charge is 2.22. The van der Waals surface area contributed by atoms with Crippen LogP contribution in [0.2, 0.25) is 0 Å². The smallest absolute Gasteiger partial charge is 0.273 e. The molecule has 1 N–H and O–H groups in total. The van der Waals surface area contributed by atoms with Gasteiger partial charge in [0.1, 0.15) is 18.2 Å². The van der Waals surface area contributed by atoms with E-state index in [1.807, 2.05) is 6.07 Å². The summed E-state index contributed by atoms with van der Waals surface area (Å²) in [5.74, 6) is 1.01. The van der Waals surface area contributed by atoms with Crippen LogP contribution in [0.15, 0.2) is 35.2 Å². The fourth-order valence-corrected chi connectivity index (χ4v) is 2.74. The molecule has 7 nitrogen and oxygen atoms in total. The number of carbonyl (C=O) groups is 1. The third-order valence-corrected chi connectivity index (χ3v) is 3.94. The second-order valence-electron chi connectivity index (χ2n) is 5.57. The van der Waals surface area contributed by atoms with Gasteiger partial charge in [0.25, 0.3) is 5.91 Å². The standard InChI is InChI=1S/C16H17N5O2/c17-8-12-3-4-15(18-9-12)21-6-1-2-13(11-21)10-19-16(22)14-5-7-23-20-14/h3-5,7,9,13H,1-2,6,10-11H2,(H,19,22). The zero-order valence-corrected chi connectivity index (χ0v) is 12.6. The Morgan fingerprint density at radius 1 is 1.48 bits per heavy atom. The molecule has 0 aliphatic carbocycles. The van der Waals surface area contributed by atoms with Crippen LogP contribution < -0.4 is 10.2 Å². The largest absolute Gasteiger partial charge is 0.364 e. The van der Waals surface area contributed by atoms with E-state index in [2.05, 4.69) is 30.9 Å². The maximum atomic E-state index is 11.9. The van der Waals surface area contributed by atoms with Gasteiger partial charge in [-0.15, -0.1) is 0 Å². The van der Waals surface area contributed by atoms with Gasteiger partial charge in [-0.3, -0.25) is 4.79 Å². The van der Waals surface area contributed by atoms with E-state index in [-0.39, 0.29) is 5.91 Å². The van der Waals surface area contributed by atoms with Crippen molar-refractivity contribution in [3.8, 4) is 6.07 Å². The molecule has 23 heavy (non-hydrogen) atoms. The molecule has 7 heteroatoms. The number of amides is 1. The number of aromatic nitrogens is 2. The van der Waals surface area contributed by atoms with Crippen molar-refractivity contribution in [3.05, 3.63) is 41.9 Å². The first kappa shape index (κ1) is 15.0. The van der Waals surface area contributed by atoms with Gasteiger partial charge in [-0.05, 0) is 30.9 Å². The summed E-state index contributed by atoms with van der Waals surface area (Å²) in [7, 11) is 0. The number of anilines is 1. The molecule has 1 aliphatic heterocycles. The summed E-state index contributed by atoms with van der Waals surface area (Å²) in [5.41, 5.74) is 0.855. The van der Waals surface area contributed by atoms with Gasteiger partial charge in [-0.25, -0.2) is 4.98 Å². The van der Waals surface area contributed by atoms with Gasteiger partial charge in [-0.1, -0.05) is 5.16 Å². The summed E-state index contributed by atoms with van der Waals surface area (Å²) in [5, 5.41) is 15.3. The Labute approximate surface area is 133 Å². The van der Waals surface area contributed by atoms with Crippen LogP contribution in [0.25, 0.3) is 0 Å². The lowest BCUT2D eigenvalue weighted by Gasteiger charge is -2.33. The molecule has 0 bridgehead atoms. The van der Waals surface area contributed by atoms with Crippen molar-refractivity contribution in [1.29, 1.82) is 5.26 Å². The van der Waals surface area contributed by atoms with Crippen molar-refractivity contribution in [2.45, 2.75) is 12.8 Å². The van der Waals surface area contributed by atoms with E-state index < -0.39 is 0 Å². The minimum absolute atomic E-state index is 0.215. The lowest BCUT2D eigenvalue weighted by molar-refractivity contribution is 0.0936. The number of hydrogen-bond donors (Lipinski definition) is 1. The number of rotatable bonds is 4. The maximum Gasteiger partial charge on any atom is 0.273 e. The molecule has 2 aromatic rings. The van der Waals surface area contributed by atoms with Crippen LogP contribution in [-0.2, 0) is 0 Å². The number of nitrogens with zero attached hydrogens (tertiary/aromatic N) is 4. The van der Waals surface area contributed by atoms with Crippen LogP contribution in [0.4, 0.5) is 5.82 Å². The third kappa shape index (κ3) is 3.66. The zero-order chi connectivity index (χ0) is 16.1. The van der Waals surface area contributed by atoms with Crippen LogP contribution in [0.1, 0.15) is 28.9 Å². The van der Waals surface area contributed by atoms with Crippen LogP contribution >= 0.6 is 0 Å². The summed E-state index contributed by atoms with van der Waals surface area (Å²) in [4.78, 5) is 18.4. The number of nitriles is 1. The minimum Gasteiger partial charge on any atom is -0.364 e. The second-order valence-corrected chi connectivity index (χ2v) is 5.57.